The fourth-order valence-corrected chi connectivity index (χ4v) is 6.50. The Morgan fingerprint density at radius 3 is 2.49 bits per heavy atom. The van der Waals surface area contributed by atoms with E-state index >= 15 is 0 Å². The number of thiazole rings is 1. The van der Waals surface area contributed by atoms with Crippen molar-refractivity contribution in [3.8, 4) is 22.8 Å². The first-order chi connectivity index (χ1) is 20.6. The van der Waals surface area contributed by atoms with Crippen LogP contribution in [0.4, 0.5) is 0 Å². The summed E-state index contributed by atoms with van der Waals surface area (Å²) in [6.45, 7) is 11.0. The molecule has 43 heavy (non-hydrogen) atoms. The first-order valence-corrected chi connectivity index (χ1v) is 15.8. The maximum atomic E-state index is 13.7. The third kappa shape index (κ3) is 7.93. The number of nitrogens with one attached hydrogen (secondary N) is 2. The van der Waals surface area contributed by atoms with Crippen LogP contribution in [-0.2, 0) is 38.4 Å². The fourth-order valence-electron chi connectivity index (χ4n) is 5.77. The Labute approximate surface area is 257 Å². The van der Waals surface area contributed by atoms with Crippen molar-refractivity contribution in [2.45, 2.75) is 52.2 Å². The highest BCUT2D eigenvalue weighted by molar-refractivity contribution is 7.09. The molecule has 0 bridgehead atoms. The van der Waals surface area contributed by atoms with E-state index in [2.05, 4.69) is 5.32 Å². The lowest BCUT2D eigenvalue weighted by molar-refractivity contribution is -0.908. The smallest absolute Gasteiger partial charge is 0.307 e. The monoisotopic (exact) mass is 608 g/mol. The van der Waals surface area contributed by atoms with Crippen molar-refractivity contribution in [3.05, 3.63) is 64.0 Å². The molecule has 1 fully saturated rings. The Balaban J connectivity index is 1.22. The molecule has 10 heteroatoms. The number of fused-ring (bicyclic) bond motifs is 1. The zero-order valence-electron chi connectivity index (χ0n) is 25.5. The predicted molar refractivity (Wildman–Crippen MR) is 165 cm³/mol. The lowest BCUT2D eigenvalue weighted by Crippen LogP contribution is -3.14. The summed E-state index contributed by atoms with van der Waals surface area (Å²) in [5.74, 6) is 0.902. The van der Waals surface area contributed by atoms with Crippen LogP contribution >= 0.6 is 11.3 Å². The molecule has 0 spiro atoms. The summed E-state index contributed by atoms with van der Waals surface area (Å²) in [6.07, 6.45) is 1.01. The molecule has 1 amide bonds. The van der Waals surface area contributed by atoms with Crippen molar-refractivity contribution < 1.29 is 33.4 Å². The second-order valence-corrected chi connectivity index (χ2v) is 13.2. The largest absolute Gasteiger partial charge is 0.496 e. The molecule has 0 unspecified atom stereocenters. The summed E-state index contributed by atoms with van der Waals surface area (Å²) in [7, 11) is 1.64. The first kappa shape index (κ1) is 31.0. The minimum atomic E-state index is -0.894. The number of amides is 1. The standard InChI is InChI=1S/C33H41N3O6S/c1-32(2,3)42-30(37)20-33(18-23-7-5-6-8-24(23)19-33)31(38)34-21-29-35-27(22-43-29)26-10-9-25(17-28(26)39-4)41-16-13-36-11-14-40-15-12-36/h5-10,17,22H,11-16,18-21H2,1-4H3,(H,34,38)/p+1. The Kier molecular flexibility index (Phi) is 9.68. The molecule has 1 saturated heterocycles. The van der Waals surface area contributed by atoms with Gasteiger partial charge in [-0.15, -0.1) is 11.3 Å². The van der Waals surface area contributed by atoms with Crippen molar-refractivity contribution in [2.24, 2.45) is 5.41 Å². The van der Waals surface area contributed by atoms with Gasteiger partial charge in [-0.1, -0.05) is 24.3 Å². The molecular formula is C33H42N3O6S+. The number of ether oxygens (including phenoxy) is 4. The average Bonchev–Trinajstić information content (AvgIpc) is 3.60. The molecule has 1 aliphatic carbocycles. The number of quaternary nitrogens is 1. The summed E-state index contributed by atoms with van der Waals surface area (Å²) in [5, 5.41) is 5.81. The van der Waals surface area contributed by atoms with Gasteiger partial charge in [0.15, 0.2) is 0 Å². The second-order valence-electron chi connectivity index (χ2n) is 12.3. The van der Waals surface area contributed by atoms with Crippen LogP contribution in [0.2, 0.25) is 0 Å². The lowest BCUT2D eigenvalue weighted by Gasteiger charge is -2.29. The van der Waals surface area contributed by atoms with Crippen LogP contribution in [0.25, 0.3) is 11.3 Å². The number of hydrogen-bond donors (Lipinski definition) is 2. The van der Waals surface area contributed by atoms with Gasteiger partial charge in [-0.25, -0.2) is 4.98 Å². The molecule has 9 nitrogen and oxygen atoms in total. The number of morpholine rings is 1. The number of methoxy groups -OCH3 is 1. The van der Waals surface area contributed by atoms with Crippen LogP contribution < -0.4 is 19.7 Å². The molecule has 0 radical (unpaired) electrons. The van der Waals surface area contributed by atoms with Crippen molar-refractivity contribution in [2.75, 3.05) is 46.6 Å². The number of aromatic nitrogens is 1. The van der Waals surface area contributed by atoms with E-state index in [0.717, 1.165) is 66.0 Å². The molecule has 2 heterocycles. The van der Waals surface area contributed by atoms with Gasteiger partial charge in [0.2, 0.25) is 5.91 Å². The number of carbonyl (C=O) groups excluding carboxylic acids is 2. The molecule has 0 atom stereocenters. The maximum Gasteiger partial charge on any atom is 0.307 e. The molecule has 3 aromatic rings. The molecule has 230 valence electrons. The van der Waals surface area contributed by atoms with E-state index in [9.17, 15) is 9.59 Å². The zero-order chi connectivity index (χ0) is 30.5. The maximum absolute atomic E-state index is 13.7. The Morgan fingerprint density at radius 1 is 1.09 bits per heavy atom. The van der Waals surface area contributed by atoms with Gasteiger partial charge in [0.1, 0.15) is 48.3 Å². The molecule has 2 N–H and O–H groups in total. The Hall–Kier alpha value is -3.47. The number of benzene rings is 2. The molecule has 1 aliphatic heterocycles. The highest BCUT2D eigenvalue weighted by atomic mass is 32.1. The summed E-state index contributed by atoms with van der Waals surface area (Å²) < 4.78 is 22.7. The SMILES string of the molecule is COc1cc(OCC[NH+]2CCOCC2)ccc1-c1csc(CNC(=O)C2(CC(=O)OC(C)(C)C)Cc3ccccc3C2)n1. The minimum Gasteiger partial charge on any atom is -0.496 e. The molecule has 5 rings (SSSR count). The van der Waals surface area contributed by atoms with Crippen LogP contribution in [0.3, 0.4) is 0 Å². The Bertz CT molecular complexity index is 1400. The predicted octanol–water partition coefficient (Wildman–Crippen LogP) is 3.25. The molecule has 2 aromatic carbocycles. The van der Waals surface area contributed by atoms with Gasteiger partial charge < -0.3 is 29.2 Å². The average molecular weight is 609 g/mol. The minimum absolute atomic E-state index is 0.0211. The van der Waals surface area contributed by atoms with Crippen molar-refractivity contribution in [3.63, 3.8) is 0 Å². The van der Waals surface area contributed by atoms with Gasteiger partial charge >= 0.3 is 5.97 Å². The number of hydrogen-bond acceptors (Lipinski definition) is 8. The van der Waals surface area contributed by atoms with Crippen LogP contribution in [0.15, 0.2) is 47.8 Å². The molecule has 2 aliphatic rings. The summed E-state index contributed by atoms with van der Waals surface area (Å²) >= 11 is 1.47. The van der Waals surface area contributed by atoms with Gasteiger partial charge in [-0.05, 0) is 56.9 Å². The van der Waals surface area contributed by atoms with Gasteiger partial charge in [0, 0.05) is 17.0 Å². The van der Waals surface area contributed by atoms with Gasteiger partial charge in [-0.3, -0.25) is 9.59 Å². The quantitative estimate of drug-likeness (QED) is 0.323. The van der Waals surface area contributed by atoms with Crippen LogP contribution in [0.1, 0.15) is 43.3 Å². The number of esters is 1. The molecular weight excluding hydrogens is 566 g/mol. The highest BCUT2D eigenvalue weighted by Crippen LogP contribution is 2.41. The third-order valence-electron chi connectivity index (χ3n) is 7.89. The number of carbonyl (C=O) groups is 2. The highest BCUT2D eigenvalue weighted by Gasteiger charge is 2.46. The van der Waals surface area contributed by atoms with Crippen molar-refractivity contribution >= 4 is 23.2 Å². The van der Waals surface area contributed by atoms with Gasteiger partial charge in [0.25, 0.3) is 0 Å². The summed E-state index contributed by atoms with van der Waals surface area (Å²) in [5.41, 5.74) is 2.31. The van der Waals surface area contributed by atoms with E-state index in [1.807, 2.05) is 68.6 Å². The third-order valence-corrected chi connectivity index (χ3v) is 8.73. The number of rotatable bonds is 11. The lowest BCUT2D eigenvalue weighted by atomic mass is 9.80. The summed E-state index contributed by atoms with van der Waals surface area (Å²) in [4.78, 5) is 32.9. The zero-order valence-corrected chi connectivity index (χ0v) is 26.3. The van der Waals surface area contributed by atoms with Crippen molar-refractivity contribution in [1.82, 2.24) is 10.3 Å². The van der Waals surface area contributed by atoms with Gasteiger partial charge in [-0.2, -0.15) is 0 Å². The molecule has 1 aromatic heterocycles. The number of nitrogens with zero attached hydrogens (tertiary/aromatic N) is 1. The normalized spacial score (nSPS) is 16.4. The second kappa shape index (κ2) is 13.4. The van der Waals surface area contributed by atoms with Crippen LogP contribution in [-0.4, -0.2) is 69.0 Å². The molecule has 0 saturated carbocycles. The Morgan fingerprint density at radius 2 is 1.81 bits per heavy atom. The first-order valence-electron chi connectivity index (χ1n) is 14.9. The van der Waals surface area contributed by atoms with Crippen LogP contribution in [0.5, 0.6) is 11.5 Å². The van der Waals surface area contributed by atoms with Crippen molar-refractivity contribution in [1.29, 1.82) is 0 Å². The van der Waals surface area contributed by atoms with E-state index < -0.39 is 11.0 Å². The van der Waals surface area contributed by atoms with Crippen LogP contribution in [0, 0.1) is 5.41 Å². The van der Waals surface area contributed by atoms with Gasteiger partial charge in [0.05, 0.1) is 44.4 Å². The van der Waals surface area contributed by atoms with E-state index in [1.165, 1.54) is 16.2 Å². The van der Waals surface area contributed by atoms with E-state index in [1.54, 1.807) is 7.11 Å². The van der Waals surface area contributed by atoms with E-state index in [4.69, 9.17) is 23.9 Å². The van der Waals surface area contributed by atoms with E-state index in [0.29, 0.717) is 25.2 Å². The fraction of sp³-hybridized carbons (Fsp3) is 0.485. The van der Waals surface area contributed by atoms with E-state index in [-0.39, 0.29) is 24.8 Å². The topological polar surface area (TPSA) is 100 Å². The summed E-state index contributed by atoms with van der Waals surface area (Å²) in [6, 6.07) is 13.8.